The summed E-state index contributed by atoms with van der Waals surface area (Å²) >= 11 is 0. The zero-order chi connectivity index (χ0) is 12.2. The van der Waals surface area contributed by atoms with E-state index in [1.54, 1.807) is 0 Å². The second-order valence-electron chi connectivity index (χ2n) is 5.61. The molecule has 0 saturated carbocycles. The molecule has 1 fully saturated rings. The average Bonchev–Trinajstić information content (AvgIpc) is 2.35. The lowest BCUT2D eigenvalue weighted by atomic mass is 9.82. The molecule has 1 aliphatic heterocycles. The molecular formula is C13H25BO2. The molecule has 1 aliphatic rings. The van der Waals surface area contributed by atoms with Crippen molar-refractivity contribution in [3.63, 3.8) is 0 Å². The van der Waals surface area contributed by atoms with E-state index in [1.807, 2.05) is 6.08 Å². The minimum absolute atomic E-state index is 0.0197. The highest BCUT2D eigenvalue weighted by Crippen LogP contribution is 2.38. The molecule has 16 heavy (non-hydrogen) atoms. The van der Waals surface area contributed by atoms with Crippen LogP contribution in [0.15, 0.2) is 12.7 Å². The fourth-order valence-electron chi connectivity index (χ4n) is 1.86. The quantitative estimate of drug-likeness (QED) is 0.388. The third kappa shape index (κ3) is 3.36. The van der Waals surface area contributed by atoms with Gasteiger partial charge in [0.1, 0.15) is 0 Å². The van der Waals surface area contributed by atoms with Crippen LogP contribution >= 0.6 is 0 Å². The van der Waals surface area contributed by atoms with Crippen molar-refractivity contribution in [3.05, 3.63) is 12.7 Å². The molecule has 92 valence electrons. The fourth-order valence-corrected chi connectivity index (χ4v) is 1.86. The van der Waals surface area contributed by atoms with Crippen LogP contribution in [-0.4, -0.2) is 18.3 Å². The largest absolute Gasteiger partial charge is 0.457 e. The highest BCUT2D eigenvalue weighted by atomic mass is 16.7. The third-order valence-corrected chi connectivity index (χ3v) is 3.65. The van der Waals surface area contributed by atoms with Crippen LogP contribution in [0.5, 0.6) is 0 Å². The summed E-state index contributed by atoms with van der Waals surface area (Å²) in [7, 11) is -0.0197. The van der Waals surface area contributed by atoms with Gasteiger partial charge in [-0.1, -0.05) is 18.9 Å². The molecule has 0 bridgehead atoms. The predicted octanol–water partition coefficient (Wildman–Crippen LogP) is 3.83. The molecule has 1 rings (SSSR count). The highest BCUT2D eigenvalue weighted by Gasteiger charge is 2.50. The molecule has 0 aromatic rings. The Balaban J connectivity index is 2.24. The second kappa shape index (κ2) is 5.37. The molecule has 1 saturated heterocycles. The van der Waals surface area contributed by atoms with Crippen LogP contribution in [-0.2, 0) is 9.31 Å². The molecule has 0 aliphatic carbocycles. The van der Waals surface area contributed by atoms with Gasteiger partial charge in [-0.25, -0.2) is 0 Å². The molecular weight excluding hydrogens is 199 g/mol. The first-order valence-electron chi connectivity index (χ1n) is 6.35. The summed E-state index contributed by atoms with van der Waals surface area (Å²) in [6.45, 7) is 12.1. The van der Waals surface area contributed by atoms with E-state index in [9.17, 15) is 0 Å². The van der Waals surface area contributed by atoms with Crippen molar-refractivity contribution in [2.24, 2.45) is 0 Å². The van der Waals surface area contributed by atoms with Gasteiger partial charge in [-0.05, 0) is 46.9 Å². The van der Waals surface area contributed by atoms with Gasteiger partial charge in [0, 0.05) is 0 Å². The van der Waals surface area contributed by atoms with Gasteiger partial charge in [-0.2, -0.15) is 0 Å². The van der Waals surface area contributed by atoms with Gasteiger partial charge in [0.15, 0.2) is 0 Å². The van der Waals surface area contributed by atoms with Crippen LogP contribution < -0.4 is 0 Å². The molecule has 0 radical (unpaired) electrons. The molecule has 1 heterocycles. The van der Waals surface area contributed by atoms with Crippen molar-refractivity contribution in [2.75, 3.05) is 0 Å². The van der Waals surface area contributed by atoms with Gasteiger partial charge < -0.3 is 9.31 Å². The van der Waals surface area contributed by atoms with Crippen LogP contribution in [0.25, 0.3) is 0 Å². The summed E-state index contributed by atoms with van der Waals surface area (Å²) in [6, 6.07) is 0. The third-order valence-electron chi connectivity index (χ3n) is 3.65. The van der Waals surface area contributed by atoms with Gasteiger partial charge in [-0.15, -0.1) is 6.58 Å². The van der Waals surface area contributed by atoms with Crippen molar-refractivity contribution < 1.29 is 9.31 Å². The van der Waals surface area contributed by atoms with Crippen LogP contribution in [0.2, 0.25) is 6.32 Å². The molecule has 0 aromatic heterocycles. The zero-order valence-electron chi connectivity index (χ0n) is 11.2. The Bertz CT molecular complexity index is 220. The van der Waals surface area contributed by atoms with Crippen molar-refractivity contribution >= 4 is 7.12 Å². The maximum Gasteiger partial charge on any atom is 0.457 e. The Morgan fingerprint density at radius 2 is 1.56 bits per heavy atom. The topological polar surface area (TPSA) is 18.5 Å². The van der Waals surface area contributed by atoms with E-state index in [1.165, 1.54) is 19.3 Å². The first-order valence-corrected chi connectivity index (χ1v) is 6.35. The summed E-state index contributed by atoms with van der Waals surface area (Å²) in [5, 5.41) is 0. The maximum atomic E-state index is 5.93. The van der Waals surface area contributed by atoms with Gasteiger partial charge in [-0.3, -0.25) is 0 Å². The van der Waals surface area contributed by atoms with Crippen molar-refractivity contribution in [3.8, 4) is 0 Å². The smallest absolute Gasteiger partial charge is 0.403 e. The molecule has 0 unspecified atom stereocenters. The van der Waals surface area contributed by atoms with Crippen molar-refractivity contribution in [1.82, 2.24) is 0 Å². The maximum absolute atomic E-state index is 5.93. The molecule has 3 heteroatoms. The first kappa shape index (κ1) is 13.8. The lowest BCUT2D eigenvalue weighted by Crippen LogP contribution is -2.41. The van der Waals surface area contributed by atoms with Gasteiger partial charge >= 0.3 is 7.12 Å². The van der Waals surface area contributed by atoms with Crippen LogP contribution in [0.3, 0.4) is 0 Å². The molecule has 0 N–H and O–H groups in total. The normalized spacial score (nSPS) is 22.4. The Morgan fingerprint density at radius 3 is 2.06 bits per heavy atom. The monoisotopic (exact) mass is 224 g/mol. The van der Waals surface area contributed by atoms with Crippen molar-refractivity contribution in [1.29, 1.82) is 0 Å². The van der Waals surface area contributed by atoms with Crippen LogP contribution in [0, 0.1) is 0 Å². The minimum Gasteiger partial charge on any atom is -0.403 e. The first-order chi connectivity index (χ1) is 7.39. The number of allylic oxidation sites excluding steroid dienone is 1. The van der Waals surface area contributed by atoms with E-state index in [2.05, 4.69) is 34.3 Å². The average molecular weight is 224 g/mol. The van der Waals surface area contributed by atoms with Crippen LogP contribution in [0.4, 0.5) is 0 Å². The highest BCUT2D eigenvalue weighted by molar-refractivity contribution is 6.45. The standard InChI is InChI=1S/C13H25BO2/c1-6-7-8-9-10-11-14-15-12(2,3)13(4,5)16-14/h6H,1,7-11H2,2-5H3. The Labute approximate surface area is 101 Å². The Hall–Kier alpha value is -0.275. The summed E-state index contributed by atoms with van der Waals surface area (Å²) in [6.07, 6.45) is 7.73. The number of unbranched alkanes of at least 4 members (excludes halogenated alkanes) is 3. The molecule has 0 aromatic carbocycles. The summed E-state index contributed by atoms with van der Waals surface area (Å²) < 4.78 is 11.9. The lowest BCUT2D eigenvalue weighted by Gasteiger charge is -2.32. The molecule has 0 spiro atoms. The second-order valence-corrected chi connectivity index (χ2v) is 5.61. The fraction of sp³-hybridized carbons (Fsp3) is 0.846. The summed E-state index contributed by atoms with van der Waals surface area (Å²) in [4.78, 5) is 0. The van der Waals surface area contributed by atoms with E-state index in [4.69, 9.17) is 9.31 Å². The van der Waals surface area contributed by atoms with Gasteiger partial charge in [0.05, 0.1) is 11.2 Å². The minimum atomic E-state index is -0.182. The zero-order valence-corrected chi connectivity index (χ0v) is 11.2. The van der Waals surface area contributed by atoms with E-state index in [0.717, 1.165) is 12.7 Å². The van der Waals surface area contributed by atoms with Gasteiger partial charge in [0.2, 0.25) is 0 Å². The molecule has 0 atom stereocenters. The van der Waals surface area contributed by atoms with E-state index >= 15 is 0 Å². The number of rotatable bonds is 6. The van der Waals surface area contributed by atoms with E-state index in [-0.39, 0.29) is 18.3 Å². The summed E-state index contributed by atoms with van der Waals surface area (Å²) in [5.74, 6) is 0. The Morgan fingerprint density at radius 1 is 1.00 bits per heavy atom. The Kier molecular flexibility index (Phi) is 4.63. The number of hydrogen-bond donors (Lipinski definition) is 0. The van der Waals surface area contributed by atoms with Crippen LogP contribution in [0.1, 0.15) is 53.4 Å². The summed E-state index contributed by atoms with van der Waals surface area (Å²) in [5.41, 5.74) is -0.364. The van der Waals surface area contributed by atoms with E-state index < -0.39 is 0 Å². The van der Waals surface area contributed by atoms with E-state index in [0.29, 0.717) is 0 Å². The SMILES string of the molecule is C=CCCCCCB1OC(C)(C)C(C)(C)O1. The molecule has 0 amide bonds. The molecule has 2 nitrogen and oxygen atoms in total. The van der Waals surface area contributed by atoms with Gasteiger partial charge in [0.25, 0.3) is 0 Å². The lowest BCUT2D eigenvalue weighted by molar-refractivity contribution is 0.00578. The number of hydrogen-bond acceptors (Lipinski definition) is 2. The van der Waals surface area contributed by atoms with Crippen molar-refractivity contribution in [2.45, 2.75) is 70.9 Å². The predicted molar refractivity (Wildman–Crippen MR) is 69.6 cm³/mol.